The van der Waals surface area contributed by atoms with Crippen molar-refractivity contribution >= 4 is 41.3 Å². The van der Waals surface area contributed by atoms with Crippen molar-refractivity contribution in [1.29, 1.82) is 0 Å². The molecule has 0 bridgehead atoms. The van der Waals surface area contributed by atoms with Crippen molar-refractivity contribution in [1.82, 2.24) is 15.1 Å². The van der Waals surface area contributed by atoms with E-state index in [0.29, 0.717) is 12.6 Å². The molecule has 1 aromatic carbocycles. The lowest BCUT2D eigenvalue weighted by molar-refractivity contribution is 0.299. The molecular weight excluding hydrogens is 487 g/mol. The van der Waals surface area contributed by atoms with Crippen molar-refractivity contribution in [2.45, 2.75) is 12.6 Å². The molecule has 1 N–H and O–H groups in total. The fourth-order valence-electron chi connectivity index (χ4n) is 2.90. The van der Waals surface area contributed by atoms with E-state index < -0.39 is 0 Å². The Bertz CT molecular complexity index is 738. The molecule has 2 rings (SSSR count). The van der Waals surface area contributed by atoms with Gasteiger partial charge in [-0.15, -0.1) is 35.3 Å². The van der Waals surface area contributed by atoms with Gasteiger partial charge < -0.3 is 24.6 Å². The van der Waals surface area contributed by atoms with Crippen molar-refractivity contribution < 1.29 is 9.47 Å². The Labute approximate surface area is 189 Å². The van der Waals surface area contributed by atoms with Gasteiger partial charge in [-0.1, -0.05) is 6.07 Å². The Morgan fingerprint density at radius 1 is 1.18 bits per heavy atom. The number of likely N-dealkylation sites (N-methyl/N-ethyl adjacent to an activating group) is 1. The second-order valence-electron chi connectivity index (χ2n) is 6.46. The minimum absolute atomic E-state index is 0. The van der Waals surface area contributed by atoms with Gasteiger partial charge in [-0.05, 0) is 37.7 Å². The number of nitrogens with one attached hydrogen (secondary N) is 1. The Balaban J connectivity index is 0.00000392. The van der Waals surface area contributed by atoms with Crippen LogP contribution in [0.15, 0.2) is 40.7 Å². The predicted molar refractivity (Wildman–Crippen MR) is 129 cm³/mol. The number of halogens is 1. The number of hydrogen-bond donors (Lipinski definition) is 1. The van der Waals surface area contributed by atoms with Crippen LogP contribution in [0, 0.1) is 0 Å². The quantitative estimate of drug-likeness (QED) is 0.328. The number of aliphatic imine (C=N–C) groups is 1. The van der Waals surface area contributed by atoms with Crippen LogP contribution in [0.3, 0.4) is 0 Å². The van der Waals surface area contributed by atoms with Gasteiger partial charge in [0, 0.05) is 43.7 Å². The monoisotopic (exact) mass is 518 g/mol. The van der Waals surface area contributed by atoms with Crippen LogP contribution in [0.25, 0.3) is 0 Å². The van der Waals surface area contributed by atoms with Crippen molar-refractivity contribution in [3.8, 4) is 11.5 Å². The highest BCUT2D eigenvalue weighted by Crippen LogP contribution is 2.26. The first kappa shape index (κ1) is 24.5. The summed E-state index contributed by atoms with van der Waals surface area (Å²) in [6, 6.07) is 10.4. The van der Waals surface area contributed by atoms with Crippen LogP contribution in [0.2, 0.25) is 0 Å². The number of benzene rings is 1. The summed E-state index contributed by atoms with van der Waals surface area (Å²) in [7, 11) is 11.4. The van der Waals surface area contributed by atoms with Crippen molar-refractivity contribution in [3.05, 3.63) is 46.2 Å². The third kappa shape index (κ3) is 6.52. The van der Waals surface area contributed by atoms with E-state index in [9.17, 15) is 0 Å². The molecule has 0 aliphatic carbocycles. The number of methoxy groups -OCH3 is 2. The van der Waals surface area contributed by atoms with Crippen LogP contribution in [-0.2, 0) is 6.54 Å². The van der Waals surface area contributed by atoms with Crippen LogP contribution in [-0.4, -0.2) is 64.7 Å². The summed E-state index contributed by atoms with van der Waals surface area (Å²) in [4.78, 5) is 10.1. The minimum atomic E-state index is 0. The lowest BCUT2D eigenvalue weighted by atomic mass is 10.2. The first-order valence-electron chi connectivity index (χ1n) is 8.82. The molecule has 0 radical (unpaired) electrons. The first-order chi connectivity index (χ1) is 13.0. The lowest BCUT2D eigenvalue weighted by Gasteiger charge is -2.28. The second-order valence-corrected chi connectivity index (χ2v) is 7.44. The zero-order chi connectivity index (χ0) is 19.8. The van der Waals surface area contributed by atoms with E-state index in [4.69, 9.17) is 9.47 Å². The zero-order valence-corrected chi connectivity index (χ0v) is 20.6. The van der Waals surface area contributed by atoms with E-state index in [2.05, 4.69) is 51.7 Å². The largest absolute Gasteiger partial charge is 0.497 e. The van der Waals surface area contributed by atoms with Crippen molar-refractivity contribution in [3.63, 3.8) is 0 Å². The Kier molecular flexibility index (Phi) is 10.6. The maximum atomic E-state index is 5.51. The number of guanidine groups is 1. The Hall–Kier alpha value is -1.52. The zero-order valence-electron chi connectivity index (χ0n) is 17.4. The fourth-order valence-corrected chi connectivity index (χ4v) is 3.83. The Morgan fingerprint density at radius 3 is 2.46 bits per heavy atom. The fraction of sp³-hybridized carbons (Fsp3) is 0.450. The molecule has 2 aromatic rings. The molecule has 0 spiro atoms. The summed E-state index contributed by atoms with van der Waals surface area (Å²) in [5.74, 6) is 2.43. The number of hydrogen-bond acceptors (Lipinski definition) is 5. The summed E-state index contributed by atoms with van der Waals surface area (Å²) in [6.45, 7) is 1.46. The summed E-state index contributed by atoms with van der Waals surface area (Å²) >= 11 is 1.77. The summed E-state index contributed by atoms with van der Waals surface area (Å²) < 4.78 is 10.8. The standard InChI is InChI=1S/C20H30N4O2S.HI/c1-21-20(22-13-17(23(2)3)19-8-7-11-27-19)24(4)14-15-9-10-16(25-5)12-18(15)26-6;/h7-12,17H,13-14H2,1-6H3,(H,21,22);1H. The lowest BCUT2D eigenvalue weighted by Crippen LogP contribution is -2.42. The average Bonchev–Trinajstić information content (AvgIpc) is 3.19. The maximum absolute atomic E-state index is 5.51. The van der Waals surface area contributed by atoms with E-state index >= 15 is 0 Å². The highest BCUT2D eigenvalue weighted by molar-refractivity contribution is 14.0. The van der Waals surface area contributed by atoms with Crippen molar-refractivity contribution in [2.24, 2.45) is 4.99 Å². The van der Waals surface area contributed by atoms with Gasteiger partial charge in [0.2, 0.25) is 0 Å². The normalized spacial score (nSPS) is 12.3. The minimum Gasteiger partial charge on any atom is -0.497 e. The molecule has 0 amide bonds. The SMILES string of the molecule is CN=C(NCC(c1cccs1)N(C)C)N(C)Cc1ccc(OC)cc1OC.I. The smallest absolute Gasteiger partial charge is 0.193 e. The molecule has 0 saturated carbocycles. The van der Waals surface area contributed by atoms with Crippen LogP contribution >= 0.6 is 35.3 Å². The molecule has 0 aliphatic rings. The first-order valence-corrected chi connectivity index (χ1v) is 9.70. The predicted octanol–water partition coefficient (Wildman–Crippen LogP) is 3.69. The molecule has 0 saturated heterocycles. The van der Waals surface area contributed by atoms with Gasteiger partial charge in [-0.2, -0.15) is 0 Å². The van der Waals surface area contributed by atoms with Crippen LogP contribution in [0.5, 0.6) is 11.5 Å². The highest BCUT2D eigenvalue weighted by atomic mass is 127. The highest BCUT2D eigenvalue weighted by Gasteiger charge is 2.17. The van der Waals surface area contributed by atoms with Crippen LogP contribution in [0.4, 0.5) is 0 Å². The third-order valence-corrected chi connectivity index (χ3v) is 5.40. The van der Waals surface area contributed by atoms with Gasteiger partial charge in [-0.3, -0.25) is 4.99 Å². The molecule has 6 nitrogen and oxygen atoms in total. The molecule has 8 heteroatoms. The van der Waals surface area contributed by atoms with Gasteiger partial charge in [0.25, 0.3) is 0 Å². The number of rotatable bonds is 8. The molecule has 156 valence electrons. The number of ether oxygens (including phenoxy) is 2. The molecule has 1 aromatic heterocycles. The number of nitrogens with zero attached hydrogens (tertiary/aromatic N) is 3. The van der Waals surface area contributed by atoms with E-state index in [1.807, 2.05) is 25.2 Å². The second kappa shape index (κ2) is 12.1. The van der Waals surface area contributed by atoms with Gasteiger partial charge >= 0.3 is 0 Å². The van der Waals surface area contributed by atoms with Crippen molar-refractivity contribution in [2.75, 3.05) is 49.0 Å². The van der Waals surface area contributed by atoms with E-state index in [-0.39, 0.29) is 24.0 Å². The third-order valence-electron chi connectivity index (χ3n) is 4.42. The van der Waals surface area contributed by atoms with Gasteiger partial charge in [0.1, 0.15) is 11.5 Å². The van der Waals surface area contributed by atoms with Crippen LogP contribution < -0.4 is 14.8 Å². The topological polar surface area (TPSA) is 49.3 Å². The Morgan fingerprint density at radius 2 is 1.93 bits per heavy atom. The molecule has 0 fully saturated rings. The van der Waals surface area contributed by atoms with E-state index in [0.717, 1.165) is 29.6 Å². The molecule has 1 unspecified atom stereocenters. The van der Waals surface area contributed by atoms with Gasteiger partial charge in [0.05, 0.1) is 20.3 Å². The summed E-state index contributed by atoms with van der Waals surface area (Å²) in [5, 5.41) is 5.61. The van der Waals surface area contributed by atoms with E-state index in [1.165, 1.54) is 4.88 Å². The molecular formula is C20H31IN4O2S. The molecule has 0 aliphatic heterocycles. The molecule has 1 heterocycles. The van der Waals surface area contributed by atoms with Gasteiger partial charge in [-0.25, -0.2) is 0 Å². The number of thiophene rings is 1. The maximum Gasteiger partial charge on any atom is 0.193 e. The summed E-state index contributed by atoms with van der Waals surface area (Å²) in [5.41, 5.74) is 1.08. The molecule has 1 atom stereocenters. The van der Waals surface area contributed by atoms with Gasteiger partial charge in [0.15, 0.2) is 5.96 Å². The molecule has 28 heavy (non-hydrogen) atoms. The van der Waals surface area contributed by atoms with E-state index in [1.54, 1.807) is 32.6 Å². The van der Waals surface area contributed by atoms with Crippen LogP contribution in [0.1, 0.15) is 16.5 Å². The summed E-state index contributed by atoms with van der Waals surface area (Å²) in [6.07, 6.45) is 0. The average molecular weight is 518 g/mol.